The Morgan fingerprint density at radius 2 is 2.47 bits per heavy atom. The summed E-state index contributed by atoms with van der Waals surface area (Å²) in [6.07, 6.45) is 4.13. The van der Waals surface area contributed by atoms with E-state index in [1.807, 2.05) is 13.0 Å². The van der Waals surface area contributed by atoms with Gasteiger partial charge in [-0.1, -0.05) is 6.92 Å². The van der Waals surface area contributed by atoms with E-state index in [0.717, 1.165) is 37.2 Å². The third-order valence-electron chi connectivity index (χ3n) is 3.06. The summed E-state index contributed by atoms with van der Waals surface area (Å²) >= 11 is 0. The van der Waals surface area contributed by atoms with Gasteiger partial charge in [0.2, 0.25) is 0 Å². The first kappa shape index (κ1) is 10.7. The van der Waals surface area contributed by atoms with Crippen LogP contribution in [0.25, 0.3) is 0 Å². The molecule has 0 bridgehead atoms. The third kappa shape index (κ3) is 2.24. The molecular formula is C12H18O3. The van der Waals surface area contributed by atoms with E-state index in [9.17, 15) is 5.11 Å². The van der Waals surface area contributed by atoms with Gasteiger partial charge >= 0.3 is 0 Å². The Kier molecular flexibility index (Phi) is 3.44. The summed E-state index contributed by atoms with van der Waals surface area (Å²) in [5, 5.41) is 10.2. The zero-order chi connectivity index (χ0) is 10.7. The molecule has 3 heteroatoms. The van der Waals surface area contributed by atoms with Gasteiger partial charge in [0.05, 0.1) is 19.0 Å². The van der Waals surface area contributed by atoms with Gasteiger partial charge < -0.3 is 14.3 Å². The van der Waals surface area contributed by atoms with Crippen LogP contribution in [0.2, 0.25) is 0 Å². The molecule has 1 N–H and O–H groups in total. The van der Waals surface area contributed by atoms with E-state index in [-0.39, 0.29) is 5.92 Å². The molecule has 1 aliphatic heterocycles. The third-order valence-corrected chi connectivity index (χ3v) is 3.06. The smallest absolute Gasteiger partial charge is 0.109 e. The Hall–Kier alpha value is -0.800. The van der Waals surface area contributed by atoms with Crippen LogP contribution in [-0.4, -0.2) is 18.3 Å². The fourth-order valence-electron chi connectivity index (χ4n) is 2.17. The average molecular weight is 210 g/mol. The standard InChI is InChI=1S/C12H18O3/c1-2-11-10(5-7-15-11)12(13)9-4-3-6-14-8-9/h5,7,9,12-13H,2-4,6,8H2,1H3. The highest BCUT2D eigenvalue weighted by molar-refractivity contribution is 5.20. The number of aryl methyl sites for hydroxylation is 1. The monoisotopic (exact) mass is 210 g/mol. The molecule has 1 aromatic rings. The molecule has 0 amide bonds. The van der Waals surface area contributed by atoms with Crippen LogP contribution in [-0.2, 0) is 11.2 Å². The molecule has 2 unspecified atom stereocenters. The molecule has 0 radical (unpaired) electrons. The zero-order valence-corrected chi connectivity index (χ0v) is 9.11. The van der Waals surface area contributed by atoms with Gasteiger partial charge in [-0.05, 0) is 18.9 Å². The Morgan fingerprint density at radius 3 is 3.13 bits per heavy atom. The largest absolute Gasteiger partial charge is 0.469 e. The molecule has 3 nitrogen and oxygen atoms in total. The van der Waals surface area contributed by atoms with Crippen molar-refractivity contribution in [3.8, 4) is 0 Å². The minimum atomic E-state index is -0.431. The van der Waals surface area contributed by atoms with Crippen LogP contribution in [0, 0.1) is 5.92 Å². The van der Waals surface area contributed by atoms with E-state index >= 15 is 0 Å². The van der Waals surface area contributed by atoms with Crippen LogP contribution in [0.15, 0.2) is 16.7 Å². The van der Waals surface area contributed by atoms with Crippen molar-refractivity contribution in [3.63, 3.8) is 0 Å². The first-order valence-electron chi connectivity index (χ1n) is 5.65. The summed E-state index contributed by atoms with van der Waals surface area (Å²) in [4.78, 5) is 0. The van der Waals surface area contributed by atoms with Crippen molar-refractivity contribution in [1.29, 1.82) is 0 Å². The number of rotatable bonds is 3. The summed E-state index contributed by atoms with van der Waals surface area (Å²) in [5.74, 6) is 1.12. The normalized spacial score (nSPS) is 24.0. The lowest BCUT2D eigenvalue weighted by atomic mass is 9.91. The summed E-state index contributed by atoms with van der Waals surface area (Å²) in [6.45, 7) is 3.52. The van der Waals surface area contributed by atoms with E-state index in [4.69, 9.17) is 9.15 Å². The maximum absolute atomic E-state index is 10.2. The number of aliphatic hydroxyl groups excluding tert-OH is 1. The molecule has 0 saturated carbocycles. The highest BCUT2D eigenvalue weighted by Gasteiger charge is 2.26. The van der Waals surface area contributed by atoms with Crippen molar-refractivity contribution in [1.82, 2.24) is 0 Å². The minimum absolute atomic E-state index is 0.224. The Morgan fingerprint density at radius 1 is 1.60 bits per heavy atom. The number of ether oxygens (including phenoxy) is 1. The molecule has 1 aromatic heterocycles. The van der Waals surface area contributed by atoms with Gasteiger partial charge in [0, 0.05) is 24.5 Å². The maximum Gasteiger partial charge on any atom is 0.109 e. The average Bonchev–Trinajstić information content (AvgIpc) is 2.77. The number of hydrogen-bond donors (Lipinski definition) is 1. The van der Waals surface area contributed by atoms with Crippen molar-refractivity contribution in [3.05, 3.63) is 23.7 Å². The molecule has 1 aliphatic rings. The molecule has 15 heavy (non-hydrogen) atoms. The van der Waals surface area contributed by atoms with E-state index in [1.165, 1.54) is 0 Å². The summed E-state index contributed by atoms with van der Waals surface area (Å²) in [5.41, 5.74) is 0.938. The molecule has 0 aliphatic carbocycles. The zero-order valence-electron chi connectivity index (χ0n) is 9.11. The second-order valence-electron chi connectivity index (χ2n) is 4.07. The van der Waals surface area contributed by atoms with Crippen LogP contribution >= 0.6 is 0 Å². The van der Waals surface area contributed by atoms with E-state index in [0.29, 0.717) is 6.61 Å². The summed E-state index contributed by atoms with van der Waals surface area (Å²) in [6, 6.07) is 1.87. The van der Waals surface area contributed by atoms with Gasteiger partial charge in [0.25, 0.3) is 0 Å². The van der Waals surface area contributed by atoms with Crippen molar-refractivity contribution in [2.45, 2.75) is 32.3 Å². The Labute approximate surface area is 90.0 Å². The van der Waals surface area contributed by atoms with Crippen molar-refractivity contribution in [2.75, 3.05) is 13.2 Å². The van der Waals surface area contributed by atoms with Gasteiger partial charge in [-0.3, -0.25) is 0 Å². The lowest BCUT2D eigenvalue weighted by Crippen LogP contribution is -2.23. The summed E-state index contributed by atoms with van der Waals surface area (Å²) in [7, 11) is 0. The van der Waals surface area contributed by atoms with Gasteiger partial charge in [0.1, 0.15) is 5.76 Å². The molecule has 1 saturated heterocycles. The molecule has 2 atom stereocenters. The van der Waals surface area contributed by atoms with Gasteiger partial charge in [0.15, 0.2) is 0 Å². The second kappa shape index (κ2) is 4.81. The van der Waals surface area contributed by atoms with Gasteiger partial charge in [-0.2, -0.15) is 0 Å². The topological polar surface area (TPSA) is 42.6 Å². The molecule has 84 valence electrons. The second-order valence-corrected chi connectivity index (χ2v) is 4.07. The first-order valence-corrected chi connectivity index (χ1v) is 5.65. The van der Waals surface area contributed by atoms with Crippen LogP contribution in [0.1, 0.15) is 37.2 Å². The van der Waals surface area contributed by atoms with E-state index in [1.54, 1.807) is 6.26 Å². The molecule has 2 heterocycles. The number of aliphatic hydroxyl groups is 1. The molecule has 2 rings (SSSR count). The first-order chi connectivity index (χ1) is 7.33. The fourth-order valence-corrected chi connectivity index (χ4v) is 2.17. The fraction of sp³-hybridized carbons (Fsp3) is 0.667. The lowest BCUT2D eigenvalue weighted by Gasteiger charge is -2.26. The van der Waals surface area contributed by atoms with Crippen molar-refractivity contribution >= 4 is 0 Å². The van der Waals surface area contributed by atoms with Gasteiger partial charge in [-0.15, -0.1) is 0 Å². The molecule has 0 aromatic carbocycles. The Bertz CT molecular complexity index is 300. The van der Waals surface area contributed by atoms with E-state index < -0.39 is 6.10 Å². The highest BCUT2D eigenvalue weighted by atomic mass is 16.5. The lowest BCUT2D eigenvalue weighted by molar-refractivity contribution is -0.0105. The predicted octanol–water partition coefficient (Wildman–Crippen LogP) is 2.30. The Balaban J connectivity index is 2.08. The van der Waals surface area contributed by atoms with Crippen molar-refractivity contribution < 1.29 is 14.3 Å². The van der Waals surface area contributed by atoms with Crippen LogP contribution in [0.3, 0.4) is 0 Å². The number of furan rings is 1. The SMILES string of the molecule is CCc1occc1C(O)C1CCCOC1. The highest BCUT2D eigenvalue weighted by Crippen LogP contribution is 2.31. The van der Waals surface area contributed by atoms with Gasteiger partial charge in [-0.25, -0.2) is 0 Å². The maximum atomic E-state index is 10.2. The number of hydrogen-bond acceptors (Lipinski definition) is 3. The summed E-state index contributed by atoms with van der Waals surface area (Å²) < 4.78 is 10.7. The van der Waals surface area contributed by atoms with E-state index in [2.05, 4.69) is 0 Å². The van der Waals surface area contributed by atoms with Crippen LogP contribution in [0.5, 0.6) is 0 Å². The molecular weight excluding hydrogens is 192 g/mol. The molecule has 0 spiro atoms. The van der Waals surface area contributed by atoms with Crippen LogP contribution < -0.4 is 0 Å². The molecule has 1 fully saturated rings. The minimum Gasteiger partial charge on any atom is -0.469 e. The van der Waals surface area contributed by atoms with Crippen LogP contribution in [0.4, 0.5) is 0 Å². The quantitative estimate of drug-likeness (QED) is 0.832. The van der Waals surface area contributed by atoms with Crippen molar-refractivity contribution in [2.24, 2.45) is 5.92 Å². The predicted molar refractivity (Wildman–Crippen MR) is 56.6 cm³/mol.